The van der Waals surface area contributed by atoms with Gasteiger partial charge in [-0.1, -0.05) is 62.6 Å². The van der Waals surface area contributed by atoms with Gasteiger partial charge >= 0.3 is 0 Å². The van der Waals surface area contributed by atoms with Crippen LogP contribution < -0.4 is 15.2 Å². The SMILES string of the molecule is CCCCC[C@H](N)c1ccc(OCc2ccccc2)c(OC)c1.Cl. The van der Waals surface area contributed by atoms with Gasteiger partial charge in [0.05, 0.1) is 7.11 Å². The Kier molecular flexibility index (Phi) is 9.28. The molecular formula is C20H28ClNO2. The van der Waals surface area contributed by atoms with Gasteiger partial charge < -0.3 is 15.2 Å². The summed E-state index contributed by atoms with van der Waals surface area (Å²) in [6.45, 7) is 2.73. The van der Waals surface area contributed by atoms with Gasteiger partial charge in [-0.15, -0.1) is 12.4 Å². The number of ether oxygens (including phenoxy) is 2. The lowest BCUT2D eigenvalue weighted by Gasteiger charge is -2.16. The van der Waals surface area contributed by atoms with Crippen molar-refractivity contribution in [1.29, 1.82) is 0 Å². The van der Waals surface area contributed by atoms with Crippen molar-refractivity contribution in [2.24, 2.45) is 5.73 Å². The number of nitrogens with two attached hydrogens (primary N) is 1. The molecule has 0 aliphatic rings. The largest absolute Gasteiger partial charge is 0.493 e. The summed E-state index contributed by atoms with van der Waals surface area (Å²) in [5.74, 6) is 1.49. The molecule has 2 aromatic carbocycles. The minimum absolute atomic E-state index is 0. The molecule has 0 aliphatic carbocycles. The molecule has 1 atom stereocenters. The van der Waals surface area contributed by atoms with Gasteiger partial charge in [-0.05, 0) is 29.7 Å². The smallest absolute Gasteiger partial charge is 0.161 e. The van der Waals surface area contributed by atoms with Crippen LogP contribution in [0.2, 0.25) is 0 Å². The lowest BCUT2D eigenvalue weighted by molar-refractivity contribution is 0.284. The van der Waals surface area contributed by atoms with Crippen LogP contribution in [0, 0.1) is 0 Å². The Bertz CT molecular complexity index is 589. The van der Waals surface area contributed by atoms with Crippen molar-refractivity contribution in [2.45, 2.75) is 45.3 Å². The van der Waals surface area contributed by atoms with Crippen LogP contribution in [0.1, 0.15) is 49.8 Å². The van der Waals surface area contributed by atoms with Gasteiger partial charge in [-0.2, -0.15) is 0 Å². The summed E-state index contributed by atoms with van der Waals surface area (Å²) in [6, 6.07) is 16.2. The molecule has 0 aliphatic heterocycles. The van der Waals surface area contributed by atoms with Crippen LogP contribution in [0.25, 0.3) is 0 Å². The highest BCUT2D eigenvalue weighted by Gasteiger charge is 2.11. The van der Waals surface area contributed by atoms with Crippen LogP contribution in [-0.4, -0.2) is 7.11 Å². The summed E-state index contributed by atoms with van der Waals surface area (Å²) in [5.41, 5.74) is 8.51. The molecule has 0 bridgehead atoms. The highest BCUT2D eigenvalue weighted by molar-refractivity contribution is 5.85. The number of methoxy groups -OCH3 is 1. The lowest BCUT2D eigenvalue weighted by atomic mass is 10.0. The van der Waals surface area contributed by atoms with Gasteiger partial charge in [0.15, 0.2) is 11.5 Å². The summed E-state index contributed by atoms with van der Waals surface area (Å²) in [7, 11) is 1.66. The zero-order valence-corrected chi connectivity index (χ0v) is 15.4. The summed E-state index contributed by atoms with van der Waals surface area (Å²) >= 11 is 0. The first-order valence-electron chi connectivity index (χ1n) is 8.34. The highest BCUT2D eigenvalue weighted by atomic mass is 35.5. The monoisotopic (exact) mass is 349 g/mol. The third-order valence-corrected chi connectivity index (χ3v) is 3.97. The average Bonchev–Trinajstić information content (AvgIpc) is 2.60. The molecule has 0 unspecified atom stereocenters. The molecule has 2 rings (SSSR count). The number of rotatable bonds is 9. The van der Waals surface area contributed by atoms with Crippen LogP contribution in [0.15, 0.2) is 48.5 Å². The zero-order valence-electron chi connectivity index (χ0n) is 14.5. The standard InChI is InChI=1S/C20H27NO2.ClH/c1-3-4-6-11-18(21)17-12-13-19(20(14-17)22-2)23-15-16-9-7-5-8-10-16;/h5,7-10,12-14,18H,3-4,6,11,15,21H2,1-2H3;1H/t18-;/m0./s1. The van der Waals surface area contributed by atoms with Gasteiger partial charge in [0, 0.05) is 6.04 Å². The van der Waals surface area contributed by atoms with E-state index in [2.05, 4.69) is 6.92 Å². The molecule has 0 saturated carbocycles. The molecule has 2 aromatic rings. The van der Waals surface area contributed by atoms with Crippen molar-refractivity contribution < 1.29 is 9.47 Å². The number of halogens is 1. The molecule has 0 heterocycles. The number of hydrogen-bond donors (Lipinski definition) is 1. The van der Waals surface area contributed by atoms with Crippen molar-refractivity contribution in [3.63, 3.8) is 0 Å². The maximum atomic E-state index is 6.28. The first kappa shape index (κ1) is 20.3. The second kappa shape index (κ2) is 11.0. The third-order valence-electron chi connectivity index (χ3n) is 3.97. The first-order chi connectivity index (χ1) is 11.2. The predicted molar refractivity (Wildman–Crippen MR) is 102 cm³/mol. The van der Waals surface area contributed by atoms with Crippen molar-refractivity contribution in [1.82, 2.24) is 0 Å². The van der Waals surface area contributed by atoms with Crippen molar-refractivity contribution in [3.05, 3.63) is 59.7 Å². The first-order valence-corrected chi connectivity index (χ1v) is 8.34. The lowest BCUT2D eigenvalue weighted by Crippen LogP contribution is -2.10. The van der Waals surface area contributed by atoms with E-state index in [1.807, 2.05) is 48.5 Å². The second-order valence-electron chi connectivity index (χ2n) is 5.79. The predicted octanol–water partition coefficient (Wildman–Crippen LogP) is 5.28. The summed E-state index contributed by atoms with van der Waals surface area (Å²) < 4.78 is 11.4. The second-order valence-corrected chi connectivity index (χ2v) is 5.79. The van der Waals surface area contributed by atoms with E-state index in [9.17, 15) is 0 Å². The Morgan fingerprint density at radius 2 is 1.75 bits per heavy atom. The summed E-state index contributed by atoms with van der Waals surface area (Å²) in [5, 5.41) is 0. The van der Waals surface area contributed by atoms with Gasteiger partial charge in [0.2, 0.25) is 0 Å². The van der Waals surface area contributed by atoms with E-state index in [0.29, 0.717) is 6.61 Å². The fourth-order valence-electron chi connectivity index (χ4n) is 2.55. The molecule has 0 radical (unpaired) electrons. The van der Waals surface area contributed by atoms with Crippen LogP contribution in [0.4, 0.5) is 0 Å². The van der Waals surface area contributed by atoms with Gasteiger partial charge in [-0.25, -0.2) is 0 Å². The van der Waals surface area contributed by atoms with E-state index >= 15 is 0 Å². The van der Waals surface area contributed by atoms with Crippen LogP contribution in [0.5, 0.6) is 11.5 Å². The Labute approximate surface area is 151 Å². The van der Waals surface area contributed by atoms with E-state index in [-0.39, 0.29) is 18.4 Å². The van der Waals surface area contributed by atoms with E-state index in [0.717, 1.165) is 35.5 Å². The molecule has 0 saturated heterocycles. The molecule has 0 aromatic heterocycles. The van der Waals surface area contributed by atoms with Crippen LogP contribution in [-0.2, 0) is 6.61 Å². The molecule has 0 fully saturated rings. The van der Waals surface area contributed by atoms with E-state index in [4.69, 9.17) is 15.2 Å². The van der Waals surface area contributed by atoms with E-state index in [1.54, 1.807) is 7.11 Å². The molecular weight excluding hydrogens is 322 g/mol. The Morgan fingerprint density at radius 3 is 2.42 bits per heavy atom. The van der Waals surface area contributed by atoms with Gasteiger partial charge in [0.1, 0.15) is 6.61 Å². The molecule has 132 valence electrons. The number of benzene rings is 2. The minimum atomic E-state index is 0. The quantitative estimate of drug-likeness (QED) is 0.626. The van der Waals surface area contributed by atoms with Gasteiger partial charge in [0.25, 0.3) is 0 Å². The maximum Gasteiger partial charge on any atom is 0.161 e. The Hall–Kier alpha value is -1.71. The summed E-state index contributed by atoms with van der Waals surface area (Å²) in [4.78, 5) is 0. The minimum Gasteiger partial charge on any atom is -0.493 e. The number of unbranched alkanes of at least 4 members (excludes halogenated alkanes) is 2. The molecule has 0 amide bonds. The molecule has 2 N–H and O–H groups in total. The Morgan fingerprint density at radius 1 is 1.00 bits per heavy atom. The van der Waals surface area contributed by atoms with Crippen molar-refractivity contribution >= 4 is 12.4 Å². The van der Waals surface area contributed by atoms with Crippen molar-refractivity contribution in [2.75, 3.05) is 7.11 Å². The van der Waals surface area contributed by atoms with Crippen molar-refractivity contribution in [3.8, 4) is 11.5 Å². The highest BCUT2D eigenvalue weighted by Crippen LogP contribution is 2.31. The normalized spacial score (nSPS) is 11.5. The van der Waals surface area contributed by atoms with Crippen LogP contribution >= 0.6 is 12.4 Å². The van der Waals surface area contributed by atoms with Crippen LogP contribution in [0.3, 0.4) is 0 Å². The van der Waals surface area contributed by atoms with E-state index in [1.165, 1.54) is 12.8 Å². The fraction of sp³-hybridized carbons (Fsp3) is 0.400. The number of hydrogen-bond acceptors (Lipinski definition) is 3. The Balaban J connectivity index is 0.00000288. The molecule has 4 heteroatoms. The topological polar surface area (TPSA) is 44.5 Å². The third kappa shape index (κ3) is 6.06. The average molecular weight is 350 g/mol. The van der Waals surface area contributed by atoms with E-state index < -0.39 is 0 Å². The molecule has 24 heavy (non-hydrogen) atoms. The molecule has 0 spiro atoms. The molecule has 3 nitrogen and oxygen atoms in total. The fourth-order valence-corrected chi connectivity index (χ4v) is 2.55. The summed E-state index contributed by atoms with van der Waals surface area (Å²) in [6.07, 6.45) is 4.60. The maximum absolute atomic E-state index is 6.28. The zero-order chi connectivity index (χ0) is 16.5. The van der Waals surface area contributed by atoms with Gasteiger partial charge in [-0.3, -0.25) is 0 Å².